The van der Waals surface area contributed by atoms with E-state index in [0.717, 1.165) is 25.7 Å². The number of carbonyl (C=O) groups excluding carboxylic acids is 1. The van der Waals surface area contributed by atoms with E-state index in [1.165, 1.54) is 6.42 Å². The van der Waals surface area contributed by atoms with Crippen molar-refractivity contribution in [3.05, 3.63) is 0 Å². The highest BCUT2D eigenvalue weighted by Crippen LogP contribution is 2.26. The van der Waals surface area contributed by atoms with Gasteiger partial charge in [0.25, 0.3) is 0 Å². The van der Waals surface area contributed by atoms with Gasteiger partial charge in [-0.15, -0.1) is 0 Å². The normalized spacial score (nSPS) is 21.7. The van der Waals surface area contributed by atoms with E-state index in [-0.39, 0.29) is 11.4 Å². The molecule has 0 bridgehead atoms. The number of amides is 1. The molecule has 3 N–H and O–H groups in total. The van der Waals surface area contributed by atoms with Crippen LogP contribution in [0.15, 0.2) is 0 Å². The Morgan fingerprint density at radius 3 is 2.14 bits per heavy atom. The molecule has 0 atom stereocenters. The predicted molar refractivity (Wildman–Crippen MR) is 57.9 cm³/mol. The molecule has 1 amide bonds. The average molecular weight is 198 g/mol. The van der Waals surface area contributed by atoms with Crippen LogP contribution in [0.5, 0.6) is 0 Å². The summed E-state index contributed by atoms with van der Waals surface area (Å²) in [5, 5.41) is 2.97. The van der Waals surface area contributed by atoms with Crippen LogP contribution in [0.2, 0.25) is 0 Å². The molecule has 3 heteroatoms. The van der Waals surface area contributed by atoms with Crippen molar-refractivity contribution in [3.8, 4) is 0 Å². The zero-order valence-corrected chi connectivity index (χ0v) is 9.52. The van der Waals surface area contributed by atoms with Crippen LogP contribution in [-0.4, -0.2) is 17.0 Å². The van der Waals surface area contributed by atoms with Gasteiger partial charge in [-0.2, -0.15) is 0 Å². The fourth-order valence-electron chi connectivity index (χ4n) is 1.87. The van der Waals surface area contributed by atoms with Crippen LogP contribution >= 0.6 is 0 Å². The Kier molecular flexibility index (Phi) is 3.20. The van der Waals surface area contributed by atoms with E-state index in [1.807, 2.05) is 20.8 Å². The van der Waals surface area contributed by atoms with Crippen LogP contribution in [0.1, 0.15) is 52.9 Å². The van der Waals surface area contributed by atoms with Gasteiger partial charge in [-0.05, 0) is 33.6 Å². The summed E-state index contributed by atoms with van der Waals surface area (Å²) < 4.78 is 0. The van der Waals surface area contributed by atoms with Crippen molar-refractivity contribution in [1.82, 2.24) is 5.32 Å². The topological polar surface area (TPSA) is 55.1 Å². The van der Waals surface area contributed by atoms with Gasteiger partial charge in [0.1, 0.15) is 0 Å². The van der Waals surface area contributed by atoms with Crippen molar-refractivity contribution in [2.24, 2.45) is 5.73 Å². The molecule has 0 aliphatic heterocycles. The number of hydrogen-bond donors (Lipinski definition) is 2. The molecular weight excluding hydrogens is 176 g/mol. The van der Waals surface area contributed by atoms with E-state index in [0.29, 0.717) is 0 Å². The number of carbonyl (C=O) groups is 1. The molecule has 14 heavy (non-hydrogen) atoms. The molecule has 82 valence electrons. The minimum absolute atomic E-state index is 0.0182. The number of nitrogens with two attached hydrogens (primary N) is 1. The lowest BCUT2D eigenvalue weighted by Crippen LogP contribution is -2.58. The molecule has 3 nitrogen and oxygen atoms in total. The van der Waals surface area contributed by atoms with Gasteiger partial charge in [-0.25, -0.2) is 0 Å². The molecule has 0 aromatic heterocycles. The van der Waals surface area contributed by atoms with E-state index in [2.05, 4.69) is 5.32 Å². The van der Waals surface area contributed by atoms with Crippen molar-refractivity contribution >= 4 is 5.91 Å². The molecule has 1 saturated carbocycles. The number of hydrogen-bond acceptors (Lipinski definition) is 2. The van der Waals surface area contributed by atoms with E-state index in [4.69, 9.17) is 5.73 Å². The Balaban J connectivity index is 2.58. The van der Waals surface area contributed by atoms with Crippen LogP contribution in [0.4, 0.5) is 0 Å². The van der Waals surface area contributed by atoms with E-state index in [9.17, 15) is 4.79 Å². The van der Waals surface area contributed by atoms with Gasteiger partial charge in [0.2, 0.25) is 5.91 Å². The van der Waals surface area contributed by atoms with Crippen LogP contribution in [0, 0.1) is 0 Å². The lowest BCUT2D eigenvalue weighted by atomic mass is 9.81. The highest BCUT2D eigenvalue weighted by atomic mass is 16.2. The third-order valence-corrected chi connectivity index (χ3v) is 2.69. The molecule has 0 aromatic rings. The molecule has 1 aliphatic carbocycles. The zero-order chi connectivity index (χ0) is 10.8. The van der Waals surface area contributed by atoms with Crippen LogP contribution < -0.4 is 11.1 Å². The molecule has 0 spiro atoms. The first-order chi connectivity index (χ1) is 6.33. The van der Waals surface area contributed by atoms with Gasteiger partial charge in [0.05, 0.1) is 5.54 Å². The third-order valence-electron chi connectivity index (χ3n) is 2.69. The summed E-state index contributed by atoms with van der Waals surface area (Å²) in [5.41, 5.74) is 5.31. The maximum atomic E-state index is 11.9. The quantitative estimate of drug-likeness (QED) is 0.672. The van der Waals surface area contributed by atoms with Gasteiger partial charge < -0.3 is 11.1 Å². The molecule has 1 fully saturated rings. The van der Waals surface area contributed by atoms with Crippen molar-refractivity contribution < 1.29 is 4.79 Å². The van der Waals surface area contributed by atoms with Gasteiger partial charge in [0.15, 0.2) is 0 Å². The van der Waals surface area contributed by atoms with E-state index < -0.39 is 5.54 Å². The summed E-state index contributed by atoms with van der Waals surface area (Å²) in [7, 11) is 0. The highest BCUT2D eigenvalue weighted by molar-refractivity contribution is 5.86. The smallest absolute Gasteiger partial charge is 0.240 e. The molecule has 1 aliphatic rings. The summed E-state index contributed by atoms with van der Waals surface area (Å²) in [4.78, 5) is 11.9. The molecule has 0 aromatic carbocycles. The molecule has 0 heterocycles. The summed E-state index contributed by atoms with van der Waals surface area (Å²) in [6.07, 6.45) is 5.02. The molecular formula is C11H22N2O. The van der Waals surface area contributed by atoms with Gasteiger partial charge in [-0.3, -0.25) is 4.79 Å². The predicted octanol–water partition coefficient (Wildman–Crippen LogP) is 1.56. The maximum absolute atomic E-state index is 11.9. The van der Waals surface area contributed by atoms with E-state index >= 15 is 0 Å². The first kappa shape index (κ1) is 11.5. The summed E-state index contributed by atoms with van der Waals surface area (Å²) in [5.74, 6) is 0.0182. The Labute approximate surface area is 86.4 Å². The number of rotatable bonds is 1. The average Bonchev–Trinajstić information content (AvgIpc) is 2.02. The zero-order valence-electron chi connectivity index (χ0n) is 9.52. The third kappa shape index (κ3) is 2.98. The molecule has 0 saturated heterocycles. The lowest BCUT2D eigenvalue weighted by Gasteiger charge is -2.34. The SMILES string of the molecule is CC(C)(C)NC(=O)C1(N)CCCCC1. The van der Waals surface area contributed by atoms with Crippen LogP contribution in [-0.2, 0) is 4.79 Å². The van der Waals surface area contributed by atoms with E-state index in [1.54, 1.807) is 0 Å². The molecule has 0 unspecified atom stereocenters. The van der Waals surface area contributed by atoms with Crippen LogP contribution in [0.3, 0.4) is 0 Å². The van der Waals surface area contributed by atoms with Gasteiger partial charge in [-0.1, -0.05) is 19.3 Å². The molecule has 1 rings (SSSR count). The first-order valence-corrected chi connectivity index (χ1v) is 5.45. The van der Waals surface area contributed by atoms with Gasteiger partial charge in [0, 0.05) is 5.54 Å². The standard InChI is InChI=1S/C11H22N2O/c1-10(2,3)13-9(14)11(12)7-5-4-6-8-11/h4-8,12H2,1-3H3,(H,13,14). The summed E-state index contributed by atoms with van der Waals surface area (Å²) >= 11 is 0. The second kappa shape index (κ2) is 3.89. The Bertz CT molecular complexity index is 212. The maximum Gasteiger partial charge on any atom is 0.240 e. The Morgan fingerprint density at radius 2 is 1.71 bits per heavy atom. The van der Waals surface area contributed by atoms with Crippen molar-refractivity contribution in [1.29, 1.82) is 0 Å². The highest BCUT2D eigenvalue weighted by Gasteiger charge is 2.36. The minimum Gasteiger partial charge on any atom is -0.350 e. The Hall–Kier alpha value is -0.570. The minimum atomic E-state index is -0.606. The summed E-state index contributed by atoms with van der Waals surface area (Å²) in [6, 6.07) is 0. The lowest BCUT2D eigenvalue weighted by molar-refractivity contribution is -0.129. The van der Waals surface area contributed by atoms with Gasteiger partial charge >= 0.3 is 0 Å². The second-order valence-electron chi connectivity index (χ2n) is 5.42. The van der Waals surface area contributed by atoms with Crippen molar-refractivity contribution in [2.45, 2.75) is 64.0 Å². The summed E-state index contributed by atoms with van der Waals surface area (Å²) in [6.45, 7) is 5.95. The largest absolute Gasteiger partial charge is 0.350 e. The molecule has 0 radical (unpaired) electrons. The Morgan fingerprint density at radius 1 is 1.21 bits per heavy atom. The monoisotopic (exact) mass is 198 g/mol. The number of nitrogens with one attached hydrogen (secondary N) is 1. The van der Waals surface area contributed by atoms with Crippen LogP contribution in [0.25, 0.3) is 0 Å². The fourth-order valence-corrected chi connectivity index (χ4v) is 1.87. The first-order valence-electron chi connectivity index (χ1n) is 5.45. The van der Waals surface area contributed by atoms with Crippen molar-refractivity contribution in [2.75, 3.05) is 0 Å². The fraction of sp³-hybridized carbons (Fsp3) is 0.909. The second-order valence-corrected chi connectivity index (χ2v) is 5.42. The van der Waals surface area contributed by atoms with Crippen molar-refractivity contribution in [3.63, 3.8) is 0 Å².